The molecule has 28 atom stereocenters. The minimum atomic E-state index is -3.50. The molecule has 0 saturated heterocycles. The minimum absolute atomic E-state index is 0.0126. The fourth-order valence-corrected chi connectivity index (χ4v) is 29.3. The molecular weight excluding hydrogens is 1440 g/mol. The second-order valence-corrected chi connectivity index (χ2v) is 44.2. The Morgan fingerprint density at radius 1 is 0.421 bits per heavy atom. The van der Waals surface area contributed by atoms with Gasteiger partial charge in [0.25, 0.3) is 10.1 Å². The highest BCUT2D eigenvalue weighted by Crippen LogP contribution is 2.69. The predicted molar refractivity (Wildman–Crippen MR) is 455 cm³/mol. The number of aliphatic hydroxyl groups excluding tert-OH is 3. The van der Waals surface area contributed by atoms with Crippen molar-refractivity contribution >= 4 is 22.1 Å². The summed E-state index contributed by atoms with van der Waals surface area (Å²) in [6.45, 7) is 52.3. The van der Waals surface area contributed by atoms with Crippen LogP contribution in [0.5, 0.6) is 0 Å². The first-order valence-corrected chi connectivity index (χ1v) is 47.3. The van der Waals surface area contributed by atoms with Gasteiger partial charge in [0.1, 0.15) is 0 Å². The normalized spacial score (nSPS) is 43.3. The van der Waals surface area contributed by atoms with E-state index >= 15 is 0 Å². The van der Waals surface area contributed by atoms with Gasteiger partial charge < -0.3 is 38.5 Å². The van der Waals surface area contributed by atoms with E-state index in [2.05, 4.69) is 150 Å². The molecule has 12 aliphatic carbocycles. The molecule has 638 valence electrons. The highest BCUT2D eigenvalue weighted by Gasteiger charge is 2.62. The molecule has 12 saturated carbocycles. The van der Waals surface area contributed by atoms with Gasteiger partial charge in [0.15, 0.2) is 0 Å². The fraction of sp³-hybridized carbons (Fsp3) is 0.804. The number of ether oxygens (including phenoxy) is 2. The number of allylic oxidation sites excluding steroid dienone is 4. The molecule has 0 radical (unpaired) electrons. The van der Waals surface area contributed by atoms with Crippen LogP contribution in [0, 0.1) is 156 Å². The summed E-state index contributed by atoms with van der Waals surface area (Å²) in [6.07, 6.45) is 51.3. The third kappa shape index (κ3) is 17.9. The van der Waals surface area contributed by atoms with E-state index in [0.29, 0.717) is 114 Å². The predicted octanol–water partition coefficient (Wildman–Crippen LogP) is 20.2. The van der Waals surface area contributed by atoms with E-state index in [0.717, 1.165) is 108 Å². The van der Waals surface area contributed by atoms with Gasteiger partial charge in [-0.2, -0.15) is 8.42 Å². The van der Waals surface area contributed by atoms with Crippen molar-refractivity contribution in [3.8, 4) is 0 Å². The molecule has 0 amide bonds. The van der Waals surface area contributed by atoms with Crippen LogP contribution in [0.25, 0.3) is 0 Å². The Labute approximate surface area is 689 Å². The van der Waals surface area contributed by atoms with Crippen molar-refractivity contribution in [2.45, 2.75) is 296 Å². The monoisotopic (exact) mass is 1600 g/mol. The van der Waals surface area contributed by atoms with Gasteiger partial charge in [-0.1, -0.05) is 144 Å². The second-order valence-electron chi connectivity index (χ2n) is 42.5. The summed E-state index contributed by atoms with van der Waals surface area (Å²) >= 11 is 0. The second kappa shape index (κ2) is 35.6. The van der Waals surface area contributed by atoms with Crippen molar-refractivity contribution in [3.63, 3.8) is 0 Å². The SMILES string of the molecule is C=C1CCC2[C@H](COS(C)(=O)=O)C([C@@]3(C)CC[C@H](C)C[C@@H]3COC(C)=O)CC[C@]12C.C=C1CCC2[C@H](Cn3ccnc3)C([C@@]3(C)CC[C@H](C)C[C@@H]3CO)CC[C@]12C.C=C1CCC2[C@H](Cn3ccnc3)C([C@@]3(C)CC[C@H](C)C[C@@H]3COC(C)=O)CC[C@]12C.C=C1CCC2[C@H](Cn3ccnc3)C([C@@]3(C)CC[C@H](O)C[C@@H]3CO)CC[C@]12C. The Bertz CT molecular complexity index is 3760. The van der Waals surface area contributed by atoms with Crippen LogP contribution in [-0.4, -0.2) is 110 Å². The minimum Gasteiger partial charge on any atom is -0.466 e. The Hall–Kier alpha value is -4.68. The lowest BCUT2D eigenvalue weighted by molar-refractivity contribution is -0.149. The summed E-state index contributed by atoms with van der Waals surface area (Å²) in [5.41, 5.74) is 7.26. The van der Waals surface area contributed by atoms with Gasteiger partial charge in [-0.15, -0.1) is 0 Å². The molecule has 15 rings (SSSR count). The molecule has 3 aromatic heterocycles. The third-order valence-corrected chi connectivity index (χ3v) is 37.2. The molecule has 12 aliphatic rings. The Kier molecular flexibility index (Phi) is 27.6. The van der Waals surface area contributed by atoms with Gasteiger partial charge in [0.2, 0.25) is 0 Å². The van der Waals surface area contributed by atoms with Crippen LogP contribution in [0.2, 0.25) is 0 Å². The van der Waals surface area contributed by atoms with Crippen molar-refractivity contribution in [3.05, 3.63) is 105 Å². The van der Waals surface area contributed by atoms with Crippen molar-refractivity contribution in [2.75, 3.05) is 39.3 Å². The average molecular weight is 1600 g/mol. The topological polar surface area (TPSA) is 210 Å². The Balaban J connectivity index is 0.000000141. The summed E-state index contributed by atoms with van der Waals surface area (Å²) in [4.78, 5) is 36.1. The summed E-state index contributed by atoms with van der Waals surface area (Å²) in [5.74, 6) is 9.89. The number of aliphatic hydroxyl groups is 3. The molecule has 12 fully saturated rings. The first kappa shape index (κ1) is 88.6. The summed E-state index contributed by atoms with van der Waals surface area (Å²) in [7, 11) is -3.50. The van der Waals surface area contributed by atoms with E-state index in [1.165, 1.54) is 138 Å². The van der Waals surface area contributed by atoms with E-state index in [-0.39, 0.29) is 81.0 Å². The average Bonchev–Trinajstić information content (AvgIpc) is 1.50. The van der Waals surface area contributed by atoms with Crippen molar-refractivity contribution in [1.82, 2.24) is 28.7 Å². The number of fused-ring (bicyclic) bond motifs is 4. The zero-order valence-electron chi connectivity index (χ0n) is 73.3. The molecule has 0 aliphatic heterocycles. The molecular formula is C97H154N6O10S. The molecule has 3 heterocycles. The highest BCUT2D eigenvalue weighted by atomic mass is 32.2. The van der Waals surface area contributed by atoms with Crippen molar-refractivity contribution in [1.29, 1.82) is 0 Å². The number of hydrogen-bond donors (Lipinski definition) is 3. The number of hydrogen-bond acceptors (Lipinski definition) is 13. The van der Waals surface area contributed by atoms with E-state index < -0.39 is 10.1 Å². The van der Waals surface area contributed by atoms with E-state index in [4.69, 9.17) is 13.7 Å². The Morgan fingerprint density at radius 2 is 0.711 bits per heavy atom. The molecule has 3 N–H and O–H groups in total. The summed E-state index contributed by atoms with van der Waals surface area (Å²) in [5, 5.41) is 30.6. The largest absolute Gasteiger partial charge is 0.466 e. The van der Waals surface area contributed by atoms with Gasteiger partial charge in [-0.25, -0.2) is 15.0 Å². The lowest BCUT2D eigenvalue weighted by Crippen LogP contribution is -2.52. The summed E-state index contributed by atoms with van der Waals surface area (Å²) in [6, 6.07) is 0. The number of rotatable bonds is 19. The molecule has 0 aromatic carbocycles. The Morgan fingerprint density at radius 3 is 1.01 bits per heavy atom. The number of aromatic nitrogens is 6. The number of nitrogens with zero attached hydrogens (tertiary/aromatic N) is 6. The number of carbonyl (C=O) groups excluding carboxylic acids is 2. The van der Waals surface area contributed by atoms with Crippen molar-refractivity contribution in [2.24, 2.45) is 156 Å². The van der Waals surface area contributed by atoms with Gasteiger partial charge in [-0.05, 0) is 316 Å². The first-order chi connectivity index (χ1) is 53.9. The summed E-state index contributed by atoms with van der Waals surface area (Å²) < 4.78 is 47.1. The van der Waals surface area contributed by atoms with E-state index in [1.54, 1.807) is 6.92 Å². The van der Waals surface area contributed by atoms with Gasteiger partial charge in [0.05, 0.1) is 51.2 Å². The highest BCUT2D eigenvalue weighted by molar-refractivity contribution is 7.86. The molecule has 114 heavy (non-hydrogen) atoms. The van der Waals surface area contributed by atoms with Crippen LogP contribution in [0.1, 0.15) is 270 Å². The molecule has 0 spiro atoms. The maximum Gasteiger partial charge on any atom is 0.302 e. The fourth-order valence-electron chi connectivity index (χ4n) is 28.9. The van der Waals surface area contributed by atoms with Crippen LogP contribution in [0.15, 0.2) is 105 Å². The molecule has 8 unspecified atom stereocenters. The van der Waals surface area contributed by atoms with Gasteiger partial charge in [-0.3, -0.25) is 13.8 Å². The van der Waals surface area contributed by atoms with Crippen LogP contribution in [-0.2, 0) is 53.0 Å². The van der Waals surface area contributed by atoms with E-state index in [9.17, 15) is 33.3 Å². The lowest BCUT2D eigenvalue weighted by atomic mass is 9.49. The van der Waals surface area contributed by atoms with E-state index in [1.807, 2.05) is 37.6 Å². The van der Waals surface area contributed by atoms with Gasteiger partial charge in [0, 0.05) is 83.9 Å². The quantitative estimate of drug-likeness (QED) is 0.0580. The van der Waals surface area contributed by atoms with Crippen molar-refractivity contribution < 1.29 is 47.0 Å². The maximum absolute atomic E-state index is 11.9. The zero-order valence-corrected chi connectivity index (χ0v) is 74.1. The van der Waals surface area contributed by atoms with Crippen LogP contribution in [0.4, 0.5) is 0 Å². The molecule has 16 nitrogen and oxygen atoms in total. The lowest BCUT2D eigenvalue weighted by Gasteiger charge is -2.57. The molecule has 0 bridgehead atoms. The standard InChI is InChI=1S/C26H40N2O2.C24H38N2O.C24H40O5S.C23H36N2O2/c1-18-8-10-26(5,21(14-18)16-30-20(3)29)24-9-11-25(4)19(2)6-7-23(25)22(24)15-28-13-12-27-17-28;1-17-7-9-24(4,19(13-17)15-27)22-8-10-23(3)18(2)5-6-21(23)20(22)14-26-12-11-25-16-26;1-16-9-11-24(5,19(13-16)14-28-18(3)25)22-10-12-23(4)17(2)7-8-21(23)20(22)15-29-30(6,26)27;1-16-4-5-20-19(13-25-11-10-24-15-25)21(7-9-22(16,20)2)23(3)8-6-18(27)12-17(23)14-26/h12-13,17-18,21-24H,2,6-11,14-16H2,1,3-5H3;11-12,16-17,19-22,27H,2,5-10,13-15H2,1,3-4H3;16,19-22H,2,7-15H2,1,3-6H3;10-11,15,17-21,26-27H,1,4-9,12-14H2,2-3H3/t18-,21+,22-,23?,24?,25+,26-;17-,19+,20-,21?,22?,23+,24-;16-,19+,20-,21?,22?,23+,24-;17-,18+,19+,20?,21?,22-,23+/m0001/s1. The first-order valence-electron chi connectivity index (χ1n) is 45.5. The third-order valence-electron chi connectivity index (χ3n) is 36.7. The van der Waals surface area contributed by atoms with Crippen LogP contribution < -0.4 is 0 Å². The van der Waals surface area contributed by atoms with Gasteiger partial charge >= 0.3 is 11.9 Å². The number of esters is 2. The van der Waals surface area contributed by atoms with Crippen LogP contribution in [0.3, 0.4) is 0 Å². The number of carbonyl (C=O) groups is 2. The zero-order chi connectivity index (χ0) is 82.3. The molecule has 17 heteroatoms. The van der Waals surface area contributed by atoms with Crippen LogP contribution >= 0.6 is 0 Å². The maximum atomic E-state index is 11.9. The molecule has 3 aromatic rings. The number of imidazole rings is 3. The smallest absolute Gasteiger partial charge is 0.302 e.